The van der Waals surface area contributed by atoms with Gasteiger partial charge >= 0.3 is 5.69 Å². The number of nitrogens with one attached hydrogen (secondary N) is 2. The second-order valence-corrected chi connectivity index (χ2v) is 7.77. The third-order valence-corrected chi connectivity index (χ3v) is 5.41. The van der Waals surface area contributed by atoms with Crippen molar-refractivity contribution in [3.8, 4) is 0 Å². The van der Waals surface area contributed by atoms with E-state index in [1.165, 1.54) is 0 Å². The maximum atomic E-state index is 12.6. The minimum atomic E-state index is -0.301. The van der Waals surface area contributed by atoms with Gasteiger partial charge < -0.3 is 4.90 Å². The number of carbonyl (C=O) groups excluding carboxylic acids is 1. The quantitative estimate of drug-likeness (QED) is 0.850. The number of aryl methyl sites for hydroxylation is 1. The van der Waals surface area contributed by atoms with Gasteiger partial charge in [-0.2, -0.15) is 5.10 Å². The lowest BCUT2D eigenvalue weighted by molar-refractivity contribution is 0.0704. The Morgan fingerprint density at radius 3 is 3.00 bits per heavy atom. The molecule has 8 heteroatoms. The molecule has 2 aromatic rings. The maximum Gasteiger partial charge on any atom is 0.340 e. The number of carbonyl (C=O) groups is 1. The third-order valence-electron chi connectivity index (χ3n) is 3.66. The number of H-pyrrole nitrogens is 2. The minimum Gasteiger partial charge on any atom is -0.338 e. The molecule has 2 N–H and O–H groups in total. The summed E-state index contributed by atoms with van der Waals surface area (Å²) < 4.78 is 0.875. The molecule has 1 unspecified atom stereocenters. The number of halogens is 1. The number of piperidine rings is 1. The van der Waals surface area contributed by atoms with Crippen molar-refractivity contribution in [2.45, 2.75) is 25.7 Å². The summed E-state index contributed by atoms with van der Waals surface area (Å²) in [6.45, 7) is 3.31. The summed E-state index contributed by atoms with van der Waals surface area (Å²) in [5.41, 5.74) is 0.415. The molecule has 0 radical (unpaired) electrons. The number of aromatic amines is 2. The van der Waals surface area contributed by atoms with E-state index in [1.54, 1.807) is 11.3 Å². The molecular formula is C13H15BrN4O2S. The highest BCUT2D eigenvalue weighted by Crippen LogP contribution is 2.31. The zero-order valence-corrected chi connectivity index (χ0v) is 13.9. The fourth-order valence-corrected chi connectivity index (χ4v) is 4.43. The molecule has 112 valence electrons. The zero-order chi connectivity index (χ0) is 15.0. The maximum absolute atomic E-state index is 12.6. The molecule has 2 aromatic heterocycles. The van der Waals surface area contributed by atoms with Crippen molar-refractivity contribution in [3.05, 3.63) is 36.6 Å². The number of aromatic nitrogens is 3. The smallest absolute Gasteiger partial charge is 0.338 e. The Hall–Kier alpha value is -1.41. The summed E-state index contributed by atoms with van der Waals surface area (Å²) in [6.07, 6.45) is 1.83. The lowest BCUT2D eigenvalue weighted by Crippen LogP contribution is -2.39. The van der Waals surface area contributed by atoms with Gasteiger partial charge in [-0.15, -0.1) is 11.3 Å². The van der Waals surface area contributed by atoms with Gasteiger partial charge in [0.2, 0.25) is 0 Å². The number of nitrogens with zero attached hydrogens (tertiary/aromatic N) is 2. The second kappa shape index (κ2) is 5.76. The van der Waals surface area contributed by atoms with E-state index in [1.807, 2.05) is 17.9 Å². The molecule has 0 bridgehead atoms. The molecule has 1 atom stereocenters. The van der Waals surface area contributed by atoms with E-state index in [4.69, 9.17) is 0 Å². The van der Waals surface area contributed by atoms with Crippen molar-refractivity contribution in [2.24, 2.45) is 0 Å². The van der Waals surface area contributed by atoms with Crippen LogP contribution < -0.4 is 5.69 Å². The number of hydrogen-bond donors (Lipinski definition) is 2. The third kappa shape index (κ3) is 2.96. The Bertz CT molecular complexity index is 720. The topological polar surface area (TPSA) is 81.8 Å². The van der Waals surface area contributed by atoms with Gasteiger partial charge in [-0.25, -0.2) is 9.89 Å². The Balaban J connectivity index is 1.78. The number of rotatable bonds is 2. The Morgan fingerprint density at radius 2 is 2.38 bits per heavy atom. The standard InChI is InChI=1S/C13H15BrN4O2S/c1-7-5-9(10(14)21-7)12(19)18-4-2-3-8(6-18)11-15-13(20)17-16-11/h5,8H,2-4,6H2,1H3,(H2,15,16,17,20). The van der Waals surface area contributed by atoms with Crippen LogP contribution in [0.25, 0.3) is 0 Å². The molecule has 0 aromatic carbocycles. The van der Waals surface area contributed by atoms with Crippen molar-refractivity contribution < 1.29 is 4.79 Å². The van der Waals surface area contributed by atoms with Gasteiger partial charge in [-0.3, -0.25) is 9.78 Å². The van der Waals surface area contributed by atoms with Crippen LogP contribution in [0.15, 0.2) is 14.6 Å². The zero-order valence-electron chi connectivity index (χ0n) is 11.5. The first kappa shape index (κ1) is 14.5. The molecule has 1 aliphatic rings. The number of hydrogen-bond acceptors (Lipinski definition) is 4. The highest BCUT2D eigenvalue weighted by atomic mass is 79.9. The number of thiophene rings is 1. The van der Waals surface area contributed by atoms with Gasteiger partial charge in [-0.1, -0.05) is 0 Å². The average Bonchev–Trinajstić information content (AvgIpc) is 3.04. The van der Waals surface area contributed by atoms with E-state index >= 15 is 0 Å². The second-order valence-electron chi connectivity index (χ2n) is 5.20. The molecule has 1 aliphatic heterocycles. The summed E-state index contributed by atoms with van der Waals surface area (Å²) in [7, 11) is 0. The van der Waals surface area contributed by atoms with E-state index in [0.717, 1.165) is 28.0 Å². The monoisotopic (exact) mass is 370 g/mol. The summed E-state index contributed by atoms with van der Waals surface area (Å²) >= 11 is 5.02. The number of likely N-dealkylation sites (tertiary alicyclic amines) is 1. The fourth-order valence-electron chi connectivity index (χ4n) is 2.66. The van der Waals surface area contributed by atoms with Crippen LogP contribution in [-0.2, 0) is 0 Å². The number of amides is 1. The molecule has 0 aliphatic carbocycles. The van der Waals surface area contributed by atoms with Crippen LogP contribution in [0.5, 0.6) is 0 Å². The predicted molar refractivity (Wildman–Crippen MR) is 83.8 cm³/mol. The summed E-state index contributed by atoms with van der Waals surface area (Å²) in [5.74, 6) is 0.757. The molecule has 21 heavy (non-hydrogen) atoms. The molecule has 1 saturated heterocycles. The van der Waals surface area contributed by atoms with E-state index in [0.29, 0.717) is 17.9 Å². The molecule has 0 saturated carbocycles. The van der Waals surface area contributed by atoms with E-state index < -0.39 is 0 Å². The van der Waals surface area contributed by atoms with Crippen molar-refractivity contribution in [2.75, 3.05) is 13.1 Å². The van der Waals surface area contributed by atoms with E-state index in [2.05, 4.69) is 31.1 Å². The van der Waals surface area contributed by atoms with Gasteiger partial charge in [0.25, 0.3) is 5.91 Å². The van der Waals surface area contributed by atoms with Crippen LogP contribution in [0, 0.1) is 6.92 Å². The Morgan fingerprint density at radius 1 is 1.57 bits per heavy atom. The lowest BCUT2D eigenvalue weighted by atomic mass is 9.97. The van der Waals surface area contributed by atoms with Crippen molar-refractivity contribution >= 4 is 33.2 Å². The molecule has 1 fully saturated rings. The Labute approximate surface area is 133 Å². The summed E-state index contributed by atoms with van der Waals surface area (Å²) in [5, 5.41) is 6.37. The van der Waals surface area contributed by atoms with Crippen LogP contribution >= 0.6 is 27.3 Å². The van der Waals surface area contributed by atoms with Crippen molar-refractivity contribution in [1.82, 2.24) is 20.1 Å². The van der Waals surface area contributed by atoms with Crippen molar-refractivity contribution in [1.29, 1.82) is 0 Å². The van der Waals surface area contributed by atoms with Crippen molar-refractivity contribution in [3.63, 3.8) is 0 Å². The Kier molecular flexibility index (Phi) is 3.99. The molecule has 0 spiro atoms. The molecule has 1 amide bonds. The fraction of sp³-hybridized carbons (Fsp3) is 0.462. The highest BCUT2D eigenvalue weighted by Gasteiger charge is 2.28. The predicted octanol–water partition coefficient (Wildman–Crippen LogP) is 2.25. The molecule has 3 heterocycles. The SMILES string of the molecule is Cc1cc(C(=O)N2CCCC(c3n[nH]c(=O)[nH]3)C2)c(Br)s1. The molecule has 3 rings (SSSR count). The first-order valence-electron chi connectivity index (χ1n) is 6.74. The normalized spacial score (nSPS) is 19.0. The first-order valence-corrected chi connectivity index (χ1v) is 8.35. The van der Waals surface area contributed by atoms with Gasteiger partial charge in [0.15, 0.2) is 0 Å². The highest BCUT2D eigenvalue weighted by molar-refractivity contribution is 9.11. The van der Waals surface area contributed by atoms with E-state index in [-0.39, 0.29) is 17.5 Å². The van der Waals surface area contributed by atoms with Gasteiger partial charge in [0, 0.05) is 23.9 Å². The van der Waals surface area contributed by atoms with Crippen LogP contribution in [0.1, 0.15) is 39.8 Å². The average molecular weight is 371 g/mol. The summed E-state index contributed by atoms with van der Waals surface area (Å²) in [6, 6.07) is 1.91. The van der Waals surface area contributed by atoms with Gasteiger partial charge in [0.05, 0.1) is 9.35 Å². The molecule has 6 nitrogen and oxygen atoms in total. The van der Waals surface area contributed by atoms with Crippen LogP contribution in [0.2, 0.25) is 0 Å². The van der Waals surface area contributed by atoms with Crippen LogP contribution in [-0.4, -0.2) is 39.1 Å². The first-order chi connectivity index (χ1) is 10.0. The van der Waals surface area contributed by atoms with Crippen LogP contribution in [0.4, 0.5) is 0 Å². The largest absolute Gasteiger partial charge is 0.340 e. The molecular weight excluding hydrogens is 356 g/mol. The van der Waals surface area contributed by atoms with Crippen LogP contribution in [0.3, 0.4) is 0 Å². The van der Waals surface area contributed by atoms with Gasteiger partial charge in [0.1, 0.15) is 5.82 Å². The minimum absolute atomic E-state index is 0.0359. The lowest BCUT2D eigenvalue weighted by Gasteiger charge is -2.31. The van der Waals surface area contributed by atoms with Gasteiger partial charge in [-0.05, 0) is 41.8 Å². The van der Waals surface area contributed by atoms with E-state index in [9.17, 15) is 9.59 Å². The summed E-state index contributed by atoms with van der Waals surface area (Å²) in [4.78, 5) is 29.4.